The van der Waals surface area contributed by atoms with Crippen LogP contribution in [0.2, 0.25) is 0 Å². The zero-order valence-corrected chi connectivity index (χ0v) is 10.1. The van der Waals surface area contributed by atoms with Gasteiger partial charge in [-0.3, -0.25) is 0 Å². The summed E-state index contributed by atoms with van der Waals surface area (Å²) in [4.78, 5) is 0. The first-order valence-electron chi connectivity index (χ1n) is 6.36. The molecular weight excluding hydrogens is 196 g/mol. The summed E-state index contributed by atoms with van der Waals surface area (Å²) in [6.07, 6.45) is 3.42. The smallest absolute Gasteiger partial charge is 0.0955 e. The van der Waals surface area contributed by atoms with Gasteiger partial charge in [0.25, 0.3) is 0 Å². The van der Waals surface area contributed by atoms with Gasteiger partial charge in [0, 0.05) is 5.41 Å². The van der Waals surface area contributed by atoms with Gasteiger partial charge in [-0.25, -0.2) is 0 Å². The van der Waals surface area contributed by atoms with Crippen LogP contribution in [-0.4, -0.2) is 5.11 Å². The first kappa shape index (κ1) is 10.3. The van der Waals surface area contributed by atoms with Crippen LogP contribution in [0, 0.1) is 17.3 Å². The second-order valence-corrected chi connectivity index (χ2v) is 5.94. The van der Waals surface area contributed by atoms with E-state index in [1.165, 1.54) is 12.8 Å². The first-order chi connectivity index (χ1) is 7.58. The molecule has 2 aliphatic rings. The molecule has 86 valence electrons. The van der Waals surface area contributed by atoms with Gasteiger partial charge in [0.2, 0.25) is 0 Å². The van der Waals surface area contributed by atoms with Crippen molar-refractivity contribution in [2.24, 2.45) is 17.3 Å². The van der Waals surface area contributed by atoms with Crippen LogP contribution in [0.25, 0.3) is 0 Å². The topological polar surface area (TPSA) is 20.2 Å². The second kappa shape index (κ2) is 3.10. The van der Waals surface area contributed by atoms with Crippen LogP contribution in [0.15, 0.2) is 30.3 Å². The van der Waals surface area contributed by atoms with Crippen molar-refractivity contribution in [3.05, 3.63) is 35.9 Å². The highest BCUT2D eigenvalue weighted by atomic mass is 16.3. The Morgan fingerprint density at radius 3 is 2.44 bits per heavy atom. The fraction of sp³-hybridized carbons (Fsp3) is 0.600. The molecule has 2 aliphatic carbocycles. The summed E-state index contributed by atoms with van der Waals surface area (Å²) in [7, 11) is 0. The van der Waals surface area contributed by atoms with Crippen LogP contribution < -0.4 is 0 Å². The molecule has 16 heavy (non-hydrogen) atoms. The molecule has 2 fully saturated rings. The Kier molecular flexibility index (Phi) is 2.00. The summed E-state index contributed by atoms with van der Waals surface area (Å²) in [5, 5.41) is 11.1. The highest BCUT2D eigenvalue weighted by Gasteiger charge is 2.63. The molecule has 4 atom stereocenters. The number of hydrogen-bond donors (Lipinski definition) is 1. The van der Waals surface area contributed by atoms with E-state index in [2.05, 4.69) is 26.0 Å². The molecule has 1 nitrogen and oxygen atoms in total. The highest BCUT2D eigenvalue weighted by molar-refractivity contribution is 5.29. The van der Waals surface area contributed by atoms with Gasteiger partial charge in [0.15, 0.2) is 0 Å². The fourth-order valence-electron chi connectivity index (χ4n) is 4.12. The van der Waals surface area contributed by atoms with E-state index in [1.807, 2.05) is 18.2 Å². The molecule has 3 rings (SSSR count). The van der Waals surface area contributed by atoms with Gasteiger partial charge >= 0.3 is 0 Å². The summed E-state index contributed by atoms with van der Waals surface area (Å²) in [6.45, 7) is 4.59. The van der Waals surface area contributed by atoms with Crippen molar-refractivity contribution in [1.29, 1.82) is 0 Å². The van der Waals surface area contributed by atoms with Gasteiger partial charge in [-0.15, -0.1) is 0 Å². The minimum atomic E-state index is -0.587. The maximum absolute atomic E-state index is 11.1. The number of benzene rings is 1. The summed E-state index contributed by atoms with van der Waals surface area (Å²) < 4.78 is 0. The van der Waals surface area contributed by atoms with Crippen molar-refractivity contribution in [3.8, 4) is 0 Å². The molecule has 0 heterocycles. The van der Waals surface area contributed by atoms with Crippen LogP contribution >= 0.6 is 0 Å². The molecule has 2 bridgehead atoms. The molecule has 0 saturated heterocycles. The SMILES string of the molecule is CC1[C@@H]2CC[C@@]1(C)[C@@](O)(c1ccccc1)C2. The molecule has 0 amide bonds. The van der Waals surface area contributed by atoms with E-state index in [1.54, 1.807) is 0 Å². The molecule has 1 aromatic carbocycles. The Morgan fingerprint density at radius 1 is 1.25 bits per heavy atom. The van der Waals surface area contributed by atoms with E-state index < -0.39 is 5.60 Å². The van der Waals surface area contributed by atoms with Crippen molar-refractivity contribution >= 4 is 0 Å². The Hall–Kier alpha value is -0.820. The molecule has 2 saturated carbocycles. The molecule has 0 aliphatic heterocycles. The van der Waals surface area contributed by atoms with Crippen LogP contribution in [-0.2, 0) is 5.60 Å². The second-order valence-electron chi connectivity index (χ2n) is 5.94. The third kappa shape index (κ3) is 1.05. The molecule has 1 heteroatoms. The fourth-order valence-corrected chi connectivity index (χ4v) is 4.12. The lowest BCUT2D eigenvalue weighted by Crippen LogP contribution is -2.41. The van der Waals surface area contributed by atoms with Gasteiger partial charge in [-0.1, -0.05) is 44.2 Å². The Balaban J connectivity index is 2.08. The molecule has 1 unspecified atom stereocenters. The molecule has 0 aromatic heterocycles. The van der Waals surface area contributed by atoms with Gasteiger partial charge in [0.1, 0.15) is 0 Å². The standard InChI is InChI=1S/C15H20O/c1-11-12-8-9-14(11,2)15(16,10-12)13-6-4-3-5-7-13/h3-7,11-12,16H,8-10H2,1-2H3/t11?,12-,14-,15+/m1/s1. The lowest BCUT2D eigenvalue weighted by atomic mass is 9.67. The van der Waals surface area contributed by atoms with E-state index >= 15 is 0 Å². The third-order valence-corrected chi connectivity index (χ3v) is 5.50. The number of fused-ring (bicyclic) bond motifs is 2. The molecular formula is C15H20O. The summed E-state index contributed by atoms with van der Waals surface area (Å²) in [5.74, 6) is 1.37. The minimum absolute atomic E-state index is 0.0824. The van der Waals surface area contributed by atoms with E-state index in [-0.39, 0.29) is 5.41 Å². The minimum Gasteiger partial charge on any atom is -0.385 e. The normalized spacial score (nSPS) is 46.2. The van der Waals surface area contributed by atoms with E-state index in [4.69, 9.17) is 0 Å². The molecule has 0 radical (unpaired) electrons. The Morgan fingerprint density at radius 2 is 1.94 bits per heavy atom. The lowest BCUT2D eigenvalue weighted by molar-refractivity contribution is -0.0799. The summed E-state index contributed by atoms with van der Waals surface area (Å²) in [6, 6.07) is 10.3. The quantitative estimate of drug-likeness (QED) is 0.763. The zero-order chi connectivity index (χ0) is 11.4. The van der Waals surface area contributed by atoms with Crippen molar-refractivity contribution < 1.29 is 5.11 Å². The average Bonchev–Trinajstić information content (AvgIpc) is 2.69. The van der Waals surface area contributed by atoms with Crippen LogP contribution in [0.1, 0.15) is 38.7 Å². The molecule has 1 N–H and O–H groups in total. The number of hydrogen-bond acceptors (Lipinski definition) is 1. The summed E-state index contributed by atoms with van der Waals surface area (Å²) in [5.41, 5.74) is 0.613. The zero-order valence-electron chi connectivity index (χ0n) is 10.1. The van der Waals surface area contributed by atoms with E-state index in [9.17, 15) is 5.11 Å². The number of aliphatic hydroxyl groups is 1. The maximum atomic E-state index is 11.1. The van der Waals surface area contributed by atoms with Crippen molar-refractivity contribution in [2.75, 3.05) is 0 Å². The van der Waals surface area contributed by atoms with Gasteiger partial charge in [-0.05, 0) is 36.7 Å². The Labute approximate surface area is 97.5 Å². The monoisotopic (exact) mass is 216 g/mol. The van der Waals surface area contributed by atoms with E-state index in [0.717, 1.165) is 17.9 Å². The maximum Gasteiger partial charge on any atom is 0.0955 e. The van der Waals surface area contributed by atoms with Crippen molar-refractivity contribution in [2.45, 2.75) is 38.7 Å². The largest absolute Gasteiger partial charge is 0.385 e. The van der Waals surface area contributed by atoms with Crippen LogP contribution in [0.3, 0.4) is 0 Å². The predicted molar refractivity (Wildman–Crippen MR) is 65.0 cm³/mol. The van der Waals surface area contributed by atoms with Gasteiger partial charge in [0.05, 0.1) is 5.60 Å². The third-order valence-electron chi connectivity index (χ3n) is 5.50. The number of rotatable bonds is 1. The average molecular weight is 216 g/mol. The van der Waals surface area contributed by atoms with E-state index in [0.29, 0.717) is 5.92 Å². The van der Waals surface area contributed by atoms with Crippen LogP contribution in [0.5, 0.6) is 0 Å². The Bertz CT molecular complexity index is 399. The van der Waals surface area contributed by atoms with Gasteiger partial charge < -0.3 is 5.11 Å². The van der Waals surface area contributed by atoms with Crippen molar-refractivity contribution in [3.63, 3.8) is 0 Å². The molecule has 0 spiro atoms. The van der Waals surface area contributed by atoms with Crippen molar-refractivity contribution in [1.82, 2.24) is 0 Å². The van der Waals surface area contributed by atoms with Gasteiger partial charge in [-0.2, -0.15) is 0 Å². The molecule has 1 aromatic rings. The summed E-state index contributed by atoms with van der Waals surface area (Å²) >= 11 is 0. The van der Waals surface area contributed by atoms with Crippen LogP contribution in [0.4, 0.5) is 0 Å². The lowest BCUT2D eigenvalue weighted by Gasteiger charge is -2.42. The first-order valence-corrected chi connectivity index (χ1v) is 6.36. The highest BCUT2D eigenvalue weighted by Crippen LogP contribution is 2.66. The predicted octanol–water partition coefficient (Wildman–Crippen LogP) is 3.33.